The molecule has 30 heavy (non-hydrogen) atoms. The van der Waals surface area contributed by atoms with Crippen molar-refractivity contribution < 1.29 is 14.3 Å². The van der Waals surface area contributed by atoms with Gasteiger partial charge in [-0.3, -0.25) is 0 Å². The summed E-state index contributed by atoms with van der Waals surface area (Å²) in [4.78, 5) is 12.3. The number of rotatable bonds is 7. The molecule has 0 spiro atoms. The van der Waals surface area contributed by atoms with Gasteiger partial charge in [0.25, 0.3) is 0 Å². The van der Waals surface area contributed by atoms with Crippen molar-refractivity contribution in [2.45, 2.75) is 33.3 Å². The first-order chi connectivity index (χ1) is 14.4. The first kappa shape index (κ1) is 21.1. The van der Waals surface area contributed by atoms with Gasteiger partial charge in [0.15, 0.2) is 0 Å². The van der Waals surface area contributed by atoms with Crippen molar-refractivity contribution >= 4 is 5.97 Å². The van der Waals surface area contributed by atoms with E-state index in [1.165, 1.54) is 0 Å². The Kier molecular flexibility index (Phi) is 6.87. The van der Waals surface area contributed by atoms with Gasteiger partial charge in [-0.05, 0) is 78.9 Å². The van der Waals surface area contributed by atoms with Crippen molar-refractivity contribution in [2.75, 3.05) is 0 Å². The average Bonchev–Trinajstić information content (AvgIpc) is 2.74. The summed E-state index contributed by atoms with van der Waals surface area (Å²) < 4.78 is 11.3. The Labute approximate surface area is 177 Å². The van der Waals surface area contributed by atoms with Crippen LogP contribution in [0.15, 0.2) is 72.8 Å². The normalized spacial score (nSPS) is 11.6. The van der Waals surface area contributed by atoms with Crippen LogP contribution in [0.3, 0.4) is 0 Å². The minimum absolute atomic E-state index is 0.178. The van der Waals surface area contributed by atoms with Crippen LogP contribution in [0.2, 0.25) is 0 Å². The number of nitriles is 1. The van der Waals surface area contributed by atoms with Gasteiger partial charge in [-0.1, -0.05) is 38.1 Å². The maximum Gasteiger partial charge on any atom is 0.343 e. The fraction of sp³-hybridized carbons (Fsp3) is 0.231. The molecule has 3 aromatic rings. The van der Waals surface area contributed by atoms with Crippen molar-refractivity contribution in [1.29, 1.82) is 5.26 Å². The van der Waals surface area contributed by atoms with E-state index in [-0.39, 0.29) is 6.10 Å². The van der Waals surface area contributed by atoms with E-state index in [0.717, 1.165) is 23.3 Å². The van der Waals surface area contributed by atoms with Crippen LogP contribution in [0, 0.1) is 17.2 Å². The maximum atomic E-state index is 12.3. The fourth-order valence-corrected chi connectivity index (χ4v) is 3.23. The molecule has 3 aromatic carbocycles. The topological polar surface area (TPSA) is 59.3 Å². The zero-order valence-electron chi connectivity index (χ0n) is 17.5. The molecule has 1 unspecified atom stereocenters. The molecular weight excluding hydrogens is 374 g/mol. The van der Waals surface area contributed by atoms with Crippen molar-refractivity contribution in [3.8, 4) is 28.7 Å². The predicted octanol–water partition coefficient (Wildman–Crippen LogP) is 6.26. The number of esters is 1. The second-order valence-electron chi connectivity index (χ2n) is 7.69. The summed E-state index contributed by atoms with van der Waals surface area (Å²) in [6.07, 6.45) is 1.19. The number of carbonyl (C=O) groups is 1. The second kappa shape index (κ2) is 9.76. The molecule has 0 aromatic heterocycles. The Morgan fingerprint density at radius 3 is 1.90 bits per heavy atom. The number of carbonyl (C=O) groups excluding carboxylic acids is 1. The van der Waals surface area contributed by atoms with Gasteiger partial charge in [0.05, 0.1) is 23.3 Å². The molecule has 152 valence electrons. The van der Waals surface area contributed by atoms with E-state index >= 15 is 0 Å². The van der Waals surface area contributed by atoms with E-state index in [1.807, 2.05) is 42.5 Å². The molecule has 0 amide bonds. The standard InChI is InChI=1S/C26H25NO3/c1-18(2)16-19(3)29-24-14-10-22(11-15-24)21-6-8-23(9-7-21)26(28)30-25-12-4-20(17-27)5-13-25/h4-15,18-19H,16H2,1-3H3. The Hall–Kier alpha value is -3.58. The molecule has 3 rings (SSSR count). The number of benzene rings is 3. The zero-order chi connectivity index (χ0) is 21.5. The first-order valence-electron chi connectivity index (χ1n) is 10.0. The minimum atomic E-state index is -0.436. The lowest BCUT2D eigenvalue weighted by Gasteiger charge is -2.16. The summed E-state index contributed by atoms with van der Waals surface area (Å²) >= 11 is 0. The molecule has 0 saturated heterocycles. The van der Waals surface area contributed by atoms with E-state index in [4.69, 9.17) is 14.7 Å². The molecule has 1 atom stereocenters. The van der Waals surface area contributed by atoms with Crippen LogP contribution in [0.4, 0.5) is 0 Å². The molecule has 0 aliphatic rings. The maximum absolute atomic E-state index is 12.3. The van der Waals surface area contributed by atoms with E-state index in [0.29, 0.717) is 22.8 Å². The Bertz CT molecular complexity index is 1010. The molecule has 0 aliphatic heterocycles. The Morgan fingerprint density at radius 1 is 0.833 bits per heavy atom. The zero-order valence-corrected chi connectivity index (χ0v) is 17.5. The van der Waals surface area contributed by atoms with Crippen LogP contribution >= 0.6 is 0 Å². The highest BCUT2D eigenvalue weighted by atomic mass is 16.5. The lowest BCUT2D eigenvalue weighted by atomic mass is 10.0. The van der Waals surface area contributed by atoms with Gasteiger partial charge >= 0.3 is 5.97 Å². The largest absolute Gasteiger partial charge is 0.491 e. The molecule has 4 heteroatoms. The molecule has 4 nitrogen and oxygen atoms in total. The van der Waals surface area contributed by atoms with Crippen molar-refractivity contribution in [3.63, 3.8) is 0 Å². The van der Waals surface area contributed by atoms with Crippen LogP contribution in [0.25, 0.3) is 11.1 Å². The van der Waals surface area contributed by atoms with Crippen molar-refractivity contribution in [2.24, 2.45) is 5.92 Å². The van der Waals surface area contributed by atoms with Gasteiger partial charge in [-0.25, -0.2) is 4.79 Å². The smallest absolute Gasteiger partial charge is 0.343 e. The Morgan fingerprint density at radius 2 is 1.37 bits per heavy atom. The first-order valence-corrected chi connectivity index (χ1v) is 10.0. The lowest BCUT2D eigenvalue weighted by molar-refractivity contribution is 0.0735. The molecule has 0 saturated carbocycles. The van der Waals surface area contributed by atoms with E-state index in [9.17, 15) is 4.79 Å². The highest BCUT2D eigenvalue weighted by Crippen LogP contribution is 2.24. The van der Waals surface area contributed by atoms with Crippen LogP contribution < -0.4 is 9.47 Å². The van der Waals surface area contributed by atoms with Gasteiger partial charge in [0, 0.05) is 0 Å². The van der Waals surface area contributed by atoms with Crippen molar-refractivity contribution in [3.05, 3.63) is 83.9 Å². The SMILES string of the molecule is CC(C)CC(C)Oc1ccc(-c2ccc(C(=O)Oc3ccc(C#N)cc3)cc2)cc1. The van der Waals surface area contributed by atoms with Gasteiger partial charge in [-0.2, -0.15) is 5.26 Å². The highest BCUT2D eigenvalue weighted by Gasteiger charge is 2.10. The molecule has 0 radical (unpaired) electrons. The molecule has 0 aliphatic carbocycles. The summed E-state index contributed by atoms with van der Waals surface area (Å²) in [6.45, 7) is 6.46. The fourth-order valence-electron chi connectivity index (χ4n) is 3.23. The summed E-state index contributed by atoms with van der Waals surface area (Å²) in [5.41, 5.74) is 3.04. The third-order valence-electron chi connectivity index (χ3n) is 4.64. The third kappa shape index (κ3) is 5.71. The second-order valence-corrected chi connectivity index (χ2v) is 7.69. The van der Waals surface area contributed by atoms with Gasteiger partial charge in [0.2, 0.25) is 0 Å². The number of hydrogen-bond donors (Lipinski definition) is 0. The number of ether oxygens (including phenoxy) is 2. The van der Waals surface area contributed by atoms with Gasteiger partial charge in [0.1, 0.15) is 11.5 Å². The summed E-state index contributed by atoms with van der Waals surface area (Å²) in [5, 5.41) is 8.83. The molecule has 0 heterocycles. The van der Waals surface area contributed by atoms with E-state index in [2.05, 4.69) is 20.8 Å². The minimum Gasteiger partial charge on any atom is -0.491 e. The van der Waals surface area contributed by atoms with Crippen LogP contribution in [-0.2, 0) is 0 Å². The van der Waals surface area contributed by atoms with Crippen LogP contribution in [0.5, 0.6) is 11.5 Å². The van der Waals surface area contributed by atoms with Crippen LogP contribution in [0.1, 0.15) is 43.1 Å². The van der Waals surface area contributed by atoms with Gasteiger partial charge in [-0.15, -0.1) is 0 Å². The summed E-state index contributed by atoms with van der Waals surface area (Å²) in [6, 6.07) is 23.7. The van der Waals surface area contributed by atoms with Crippen molar-refractivity contribution in [1.82, 2.24) is 0 Å². The molecule has 0 N–H and O–H groups in total. The lowest BCUT2D eigenvalue weighted by Crippen LogP contribution is -2.14. The van der Waals surface area contributed by atoms with Crippen LogP contribution in [-0.4, -0.2) is 12.1 Å². The monoisotopic (exact) mass is 399 g/mol. The van der Waals surface area contributed by atoms with E-state index in [1.54, 1.807) is 36.4 Å². The average molecular weight is 399 g/mol. The predicted molar refractivity (Wildman–Crippen MR) is 118 cm³/mol. The number of hydrogen-bond acceptors (Lipinski definition) is 4. The molecule has 0 fully saturated rings. The summed E-state index contributed by atoms with van der Waals surface area (Å²) in [5.74, 6) is 1.43. The third-order valence-corrected chi connectivity index (χ3v) is 4.64. The van der Waals surface area contributed by atoms with Gasteiger partial charge < -0.3 is 9.47 Å². The Balaban J connectivity index is 1.63. The summed E-state index contributed by atoms with van der Waals surface area (Å²) in [7, 11) is 0. The molecular formula is C26H25NO3. The van der Waals surface area contributed by atoms with E-state index < -0.39 is 5.97 Å². The number of nitrogens with zero attached hydrogens (tertiary/aromatic N) is 1. The quantitative estimate of drug-likeness (QED) is 0.348. The molecule has 0 bridgehead atoms. The highest BCUT2D eigenvalue weighted by molar-refractivity contribution is 5.91.